The van der Waals surface area contributed by atoms with Gasteiger partial charge in [-0.2, -0.15) is 5.26 Å². The molecule has 2 N–H and O–H groups in total. The van der Waals surface area contributed by atoms with Gasteiger partial charge in [-0.3, -0.25) is 0 Å². The van der Waals surface area contributed by atoms with Gasteiger partial charge in [0, 0.05) is 10.7 Å². The van der Waals surface area contributed by atoms with E-state index in [0.717, 1.165) is 0 Å². The average molecular weight is 378 g/mol. The standard InChI is InChI=1S/C15H12BrN3O4/c1-22-14(20)8-3-4-10(16)11(5-8)19-7-9(6-17)12(18)13(19)15(21)23-2/h3-5,7H,18H2,1-2H3. The fourth-order valence-electron chi connectivity index (χ4n) is 2.05. The summed E-state index contributed by atoms with van der Waals surface area (Å²) in [6.07, 6.45) is 1.41. The van der Waals surface area contributed by atoms with Crippen LogP contribution in [0.1, 0.15) is 26.4 Å². The van der Waals surface area contributed by atoms with Gasteiger partial charge in [0.25, 0.3) is 0 Å². The Labute approximate surface area is 140 Å². The minimum atomic E-state index is -0.695. The normalized spacial score (nSPS) is 10.0. The number of rotatable bonds is 3. The zero-order chi connectivity index (χ0) is 17.1. The van der Waals surface area contributed by atoms with Gasteiger partial charge in [0.15, 0.2) is 5.69 Å². The number of carbonyl (C=O) groups excluding carboxylic acids is 2. The number of hydrogen-bond acceptors (Lipinski definition) is 6. The fourth-order valence-corrected chi connectivity index (χ4v) is 2.48. The Hall–Kier alpha value is -2.79. The van der Waals surface area contributed by atoms with Gasteiger partial charge >= 0.3 is 11.9 Å². The van der Waals surface area contributed by atoms with E-state index >= 15 is 0 Å². The van der Waals surface area contributed by atoms with Crippen LogP contribution in [0.5, 0.6) is 0 Å². The number of anilines is 1. The zero-order valence-electron chi connectivity index (χ0n) is 12.3. The molecule has 23 heavy (non-hydrogen) atoms. The van der Waals surface area contributed by atoms with Crippen LogP contribution in [0.4, 0.5) is 5.69 Å². The number of esters is 2. The molecule has 7 nitrogen and oxygen atoms in total. The molecule has 0 amide bonds. The van der Waals surface area contributed by atoms with E-state index in [4.69, 9.17) is 15.7 Å². The number of methoxy groups -OCH3 is 2. The molecule has 0 bridgehead atoms. The molecule has 2 aromatic rings. The van der Waals surface area contributed by atoms with Crippen molar-refractivity contribution in [2.24, 2.45) is 0 Å². The molecule has 2 rings (SSSR count). The highest BCUT2D eigenvalue weighted by Gasteiger charge is 2.23. The van der Waals surface area contributed by atoms with E-state index in [1.165, 1.54) is 31.0 Å². The van der Waals surface area contributed by atoms with Crippen molar-refractivity contribution < 1.29 is 19.1 Å². The Morgan fingerprint density at radius 2 is 1.91 bits per heavy atom. The number of nitrogen functional groups attached to an aromatic ring is 1. The zero-order valence-corrected chi connectivity index (χ0v) is 13.9. The lowest BCUT2D eigenvalue weighted by Gasteiger charge is -2.11. The van der Waals surface area contributed by atoms with E-state index < -0.39 is 11.9 Å². The molecular formula is C15H12BrN3O4. The molecule has 0 unspecified atom stereocenters. The minimum Gasteiger partial charge on any atom is -0.465 e. The number of benzene rings is 1. The first kappa shape index (κ1) is 16.6. The fraction of sp³-hybridized carbons (Fsp3) is 0.133. The second-order valence-corrected chi connectivity index (χ2v) is 5.29. The minimum absolute atomic E-state index is 0.00626. The molecule has 1 aromatic carbocycles. The first-order chi connectivity index (χ1) is 10.9. The van der Waals surface area contributed by atoms with E-state index in [1.54, 1.807) is 12.1 Å². The molecule has 0 aliphatic carbocycles. The van der Waals surface area contributed by atoms with Crippen LogP contribution in [0.2, 0.25) is 0 Å². The summed E-state index contributed by atoms with van der Waals surface area (Å²) in [5.41, 5.74) is 6.72. The Balaban J connectivity index is 2.74. The van der Waals surface area contributed by atoms with Gasteiger partial charge in [-0.25, -0.2) is 9.59 Å². The van der Waals surface area contributed by atoms with E-state index in [2.05, 4.69) is 20.7 Å². The van der Waals surface area contributed by atoms with Crippen molar-refractivity contribution in [2.45, 2.75) is 0 Å². The van der Waals surface area contributed by atoms with Crippen LogP contribution in [-0.2, 0) is 9.47 Å². The maximum atomic E-state index is 12.0. The van der Waals surface area contributed by atoms with Crippen molar-refractivity contribution in [1.82, 2.24) is 4.57 Å². The van der Waals surface area contributed by atoms with Crippen LogP contribution in [0.15, 0.2) is 28.9 Å². The van der Waals surface area contributed by atoms with Gasteiger partial charge in [0.1, 0.15) is 6.07 Å². The van der Waals surface area contributed by atoms with E-state index in [0.29, 0.717) is 10.2 Å². The van der Waals surface area contributed by atoms with Crippen molar-refractivity contribution in [3.63, 3.8) is 0 Å². The summed E-state index contributed by atoms with van der Waals surface area (Å²) in [6.45, 7) is 0. The van der Waals surface area contributed by atoms with Crippen LogP contribution >= 0.6 is 15.9 Å². The first-order valence-corrected chi connectivity index (χ1v) is 7.11. The molecule has 1 aromatic heterocycles. The number of halogens is 1. The maximum absolute atomic E-state index is 12.0. The van der Waals surface area contributed by atoms with Gasteiger partial charge < -0.3 is 19.8 Å². The molecule has 1 heterocycles. The smallest absolute Gasteiger partial charge is 0.357 e. The third-order valence-corrected chi connectivity index (χ3v) is 3.84. The molecule has 0 atom stereocenters. The van der Waals surface area contributed by atoms with Crippen LogP contribution in [0.25, 0.3) is 5.69 Å². The number of hydrogen-bond donors (Lipinski definition) is 1. The lowest BCUT2D eigenvalue weighted by molar-refractivity contribution is 0.0588. The summed E-state index contributed by atoms with van der Waals surface area (Å²) < 4.78 is 11.4. The van der Waals surface area contributed by atoms with Gasteiger partial charge in [0.05, 0.1) is 36.7 Å². The summed E-state index contributed by atoms with van der Waals surface area (Å²) in [6, 6.07) is 6.62. The highest BCUT2D eigenvalue weighted by molar-refractivity contribution is 9.10. The molecular weight excluding hydrogens is 366 g/mol. The second-order valence-electron chi connectivity index (χ2n) is 4.44. The highest BCUT2D eigenvalue weighted by atomic mass is 79.9. The van der Waals surface area contributed by atoms with Crippen LogP contribution in [0.3, 0.4) is 0 Å². The van der Waals surface area contributed by atoms with Crippen molar-refractivity contribution in [3.05, 3.63) is 45.7 Å². The van der Waals surface area contributed by atoms with Crippen molar-refractivity contribution in [2.75, 3.05) is 20.0 Å². The van der Waals surface area contributed by atoms with Crippen LogP contribution in [0, 0.1) is 11.3 Å². The number of aromatic nitrogens is 1. The molecule has 8 heteroatoms. The summed E-state index contributed by atoms with van der Waals surface area (Å²) in [7, 11) is 2.48. The molecule has 118 valence electrons. The second kappa shape index (κ2) is 6.54. The largest absolute Gasteiger partial charge is 0.465 e. The molecule has 0 aliphatic rings. The lowest BCUT2D eigenvalue weighted by Crippen LogP contribution is -2.12. The third kappa shape index (κ3) is 2.91. The summed E-state index contributed by atoms with van der Waals surface area (Å²) in [5, 5.41) is 9.13. The van der Waals surface area contributed by atoms with Crippen molar-refractivity contribution >= 4 is 33.6 Å². The molecule has 0 radical (unpaired) electrons. The number of carbonyl (C=O) groups is 2. The van der Waals surface area contributed by atoms with Gasteiger partial charge in [-0.05, 0) is 34.1 Å². The predicted octanol–water partition coefficient (Wildman–Crippen LogP) is 2.27. The van der Waals surface area contributed by atoms with Crippen LogP contribution < -0.4 is 5.73 Å². The molecule has 0 fully saturated rings. The van der Waals surface area contributed by atoms with Crippen molar-refractivity contribution in [3.8, 4) is 11.8 Å². The number of ether oxygens (including phenoxy) is 2. The average Bonchev–Trinajstić information content (AvgIpc) is 2.90. The number of nitrogens with two attached hydrogens (primary N) is 1. The summed E-state index contributed by atoms with van der Waals surface area (Å²) in [5.74, 6) is -1.22. The molecule has 0 spiro atoms. The SMILES string of the molecule is COC(=O)c1ccc(Br)c(-n2cc(C#N)c(N)c2C(=O)OC)c1. The Morgan fingerprint density at radius 3 is 2.48 bits per heavy atom. The van der Waals surface area contributed by atoms with Crippen LogP contribution in [-0.4, -0.2) is 30.7 Å². The monoisotopic (exact) mass is 377 g/mol. The lowest BCUT2D eigenvalue weighted by atomic mass is 10.2. The quantitative estimate of drug-likeness (QED) is 0.821. The molecule has 0 saturated carbocycles. The van der Waals surface area contributed by atoms with Crippen molar-refractivity contribution in [1.29, 1.82) is 5.26 Å². The Morgan fingerprint density at radius 1 is 1.26 bits per heavy atom. The highest BCUT2D eigenvalue weighted by Crippen LogP contribution is 2.29. The number of nitrogens with zero attached hydrogens (tertiary/aromatic N) is 2. The van der Waals surface area contributed by atoms with E-state index in [1.807, 2.05) is 6.07 Å². The predicted molar refractivity (Wildman–Crippen MR) is 85.3 cm³/mol. The summed E-state index contributed by atoms with van der Waals surface area (Å²) >= 11 is 3.35. The van der Waals surface area contributed by atoms with Gasteiger partial charge in [-0.15, -0.1) is 0 Å². The summed E-state index contributed by atoms with van der Waals surface area (Å²) in [4.78, 5) is 23.7. The van der Waals surface area contributed by atoms with E-state index in [-0.39, 0.29) is 22.5 Å². The van der Waals surface area contributed by atoms with Gasteiger partial charge in [-0.1, -0.05) is 0 Å². The molecule has 0 aliphatic heterocycles. The van der Waals surface area contributed by atoms with Gasteiger partial charge in [0.2, 0.25) is 0 Å². The Kier molecular flexibility index (Phi) is 4.71. The number of nitriles is 1. The first-order valence-electron chi connectivity index (χ1n) is 6.32. The Bertz CT molecular complexity index is 836. The van der Waals surface area contributed by atoms with E-state index in [9.17, 15) is 9.59 Å². The third-order valence-electron chi connectivity index (χ3n) is 3.17. The topological polar surface area (TPSA) is 107 Å². The maximum Gasteiger partial charge on any atom is 0.357 e. The molecule has 0 saturated heterocycles.